The van der Waals surface area contributed by atoms with Crippen LogP contribution in [-0.2, 0) is 16.1 Å². The molecule has 0 unspecified atom stereocenters. The van der Waals surface area contributed by atoms with E-state index in [1.165, 1.54) is 19.3 Å². The number of amides is 2. The van der Waals surface area contributed by atoms with Gasteiger partial charge in [-0.25, -0.2) is 4.79 Å². The highest BCUT2D eigenvalue weighted by molar-refractivity contribution is 5.82. The maximum absolute atomic E-state index is 12.9. The molecule has 3 rings (SSSR count). The molecule has 1 aliphatic carbocycles. The minimum absolute atomic E-state index is 0.0340. The van der Waals surface area contributed by atoms with Gasteiger partial charge >= 0.3 is 6.09 Å². The van der Waals surface area contributed by atoms with Crippen molar-refractivity contribution in [2.45, 2.75) is 57.7 Å². The van der Waals surface area contributed by atoms with Crippen molar-refractivity contribution >= 4 is 12.0 Å². The number of hydrogen-bond donors (Lipinski definition) is 1. The highest BCUT2D eigenvalue weighted by Crippen LogP contribution is 2.27. The molecule has 2 fully saturated rings. The van der Waals surface area contributed by atoms with Crippen molar-refractivity contribution in [3.05, 3.63) is 35.9 Å². The van der Waals surface area contributed by atoms with Gasteiger partial charge in [-0.15, -0.1) is 0 Å². The normalized spacial score (nSPS) is 22.4. The number of nitrogens with zero attached hydrogens (tertiary/aromatic N) is 2. The Morgan fingerprint density at radius 3 is 2.52 bits per heavy atom. The number of benzene rings is 1. The van der Waals surface area contributed by atoms with Crippen molar-refractivity contribution in [3.63, 3.8) is 0 Å². The Hall–Kier alpha value is -2.08. The van der Waals surface area contributed by atoms with E-state index in [0.717, 1.165) is 18.4 Å². The maximum atomic E-state index is 12.9. The fourth-order valence-corrected chi connectivity index (χ4v) is 4.15. The summed E-state index contributed by atoms with van der Waals surface area (Å²) in [5.74, 6) is 0.332. The molecule has 2 atom stereocenters. The van der Waals surface area contributed by atoms with Gasteiger partial charge < -0.3 is 20.3 Å². The molecule has 0 bridgehead atoms. The molecule has 1 heterocycles. The van der Waals surface area contributed by atoms with E-state index in [0.29, 0.717) is 25.6 Å². The monoisotopic (exact) mass is 373 g/mol. The van der Waals surface area contributed by atoms with Crippen LogP contribution < -0.4 is 5.73 Å². The van der Waals surface area contributed by atoms with E-state index < -0.39 is 6.04 Å². The minimum Gasteiger partial charge on any atom is -0.445 e. The van der Waals surface area contributed by atoms with Crippen molar-refractivity contribution < 1.29 is 14.3 Å². The molecule has 1 aliphatic heterocycles. The molecule has 2 N–H and O–H groups in total. The summed E-state index contributed by atoms with van der Waals surface area (Å²) in [6.45, 7) is 3.72. The second kappa shape index (κ2) is 9.22. The zero-order valence-electron chi connectivity index (χ0n) is 16.2. The van der Waals surface area contributed by atoms with Crippen LogP contribution in [0.4, 0.5) is 4.79 Å². The Balaban J connectivity index is 1.49. The molecule has 2 aliphatic rings. The average Bonchev–Trinajstić information content (AvgIpc) is 2.72. The van der Waals surface area contributed by atoms with Crippen molar-refractivity contribution in [3.8, 4) is 0 Å². The SMILES string of the molecule is C[C@@H]1CN(C(=O)OCc2ccccc2)CCN1C(=O)[C@@H](N)C1CCCCC1. The van der Waals surface area contributed by atoms with Crippen LogP contribution in [0.5, 0.6) is 0 Å². The lowest BCUT2D eigenvalue weighted by atomic mass is 9.83. The molecule has 1 saturated carbocycles. The Morgan fingerprint density at radius 2 is 1.85 bits per heavy atom. The third-order valence-electron chi connectivity index (χ3n) is 5.82. The first-order valence-corrected chi connectivity index (χ1v) is 10.1. The maximum Gasteiger partial charge on any atom is 0.410 e. The van der Waals surface area contributed by atoms with Crippen molar-refractivity contribution in [2.24, 2.45) is 11.7 Å². The molecular formula is C21H31N3O3. The molecule has 6 heteroatoms. The van der Waals surface area contributed by atoms with Gasteiger partial charge in [-0.2, -0.15) is 0 Å². The van der Waals surface area contributed by atoms with Crippen molar-refractivity contribution in [2.75, 3.05) is 19.6 Å². The minimum atomic E-state index is -0.413. The van der Waals surface area contributed by atoms with Crippen LogP contribution in [0.3, 0.4) is 0 Å². The zero-order valence-corrected chi connectivity index (χ0v) is 16.2. The quantitative estimate of drug-likeness (QED) is 0.880. The van der Waals surface area contributed by atoms with Crippen LogP contribution >= 0.6 is 0 Å². The zero-order chi connectivity index (χ0) is 19.2. The standard InChI is InChI=1S/C21H31N3O3/c1-16-14-23(21(26)27-15-17-8-4-2-5-9-17)12-13-24(16)20(25)19(22)18-10-6-3-7-11-18/h2,4-5,8-9,16,18-19H,3,6-7,10-15,22H2,1H3/t16-,19+/m1/s1. The summed E-state index contributed by atoms with van der Waals surface area (Å²) in [6, 6.07) is 9.17. The lowest BCUT2D eigenvalue weighted by molar-refractivity contribution is -0.138. The van der Waals surface area contributed by atoms with Gasteiger partial charge in [-0.05, 0) is 31.2 Å². The lowest BCUT2D eigenvalue weighted by Gasteiger charge is -2.41. The van der Waals surface area contributed by atoms with Gasteiger partial charge in [0.05, 0.1) is 6.04 Å². The van der Waals surface area contributed by atoms with Crippen molar-refractivity contribution in [1.82, 2.24) is 9.80 Å². The molecule has 148 valence electrons. The average molecular weight is 373 g/mol. The highest BCUT2D eigenvalue weighted by atomic mass is 16.6. The number of nitrogens with two attached hydrogens (primary N) is 1. The van der Waals surface area contributed by atoms with Gasteiger partial charge in [0.2, 0.25) is 5.91 Å². The number of carbonyl (C=O) groups is 2. The van der Waals surface area contributed by atoms with Gasteiger partial charge in [0.25, 0.3) is 0 Å². The first-order chi connectivity index (χ1) is 13.1. The lowest BCUT2D eigenvalue weighted by Crippen LogP contribution is -2.59. The van der Waals surface area contributed by atoms with E-state index in [9.17, 15) is 9.59 Å². The largest absolute Gasteiger partial charge is 0.445 e. The second-order valence-corrected chi connectivity index (χ2v) is 7.79. The Bertz CT molecular complexity index is 631. The van der Waals surface area contributed by atoms with E-state index in [-0.39, 0.29) is 24.6 Å². The number of ether oxygens (including phenoxy) is 1. The number of hydrogen-bond acceptors (Lipinski definition) is 4. The summed E-state index contributed by atoms with van der Waals surface area (Å²) in [6.07, 6.45) is 5.36. The molecule has 6 nitrogen and oxygen atoms in total. The summed E-state index contributed by atoms with van der Waals surface area (Å²) in [7, 11) is 0. The Kier molecular flexibility index (Phi) is 6.72. The van der Waals surface area contributed by atoms with Gasteiger partial charge in [-0.3, -0.25) is 4.79 Å². The van der Waals surface area contributed by atoms with Crippen LogP contribution in [0.2, 0.25) is 0 Å². The fraction of sp³-hybridized carbons (Fsp3) is 0.619. The van der Waals surface area contributed by atoms with Crippen LogP contribution in [0.1, 0.15) is 44.6 Å². The summed E-state index contributed by atoms with van der Waals surface area (Å²) in [5, 5.41) is 0. The van der Waals surface area contributed by atoms with Crippen LogP contribution in [0.25, 0.3) is 0 Å². The Labute approximate surface area is 161 Å². The van der Waals surface area contributed by atoms with E-state index >= 15 is 0 Å². The molecule has 0 radical (unpaired) electrons. The molecule has 1 saturated heterocycles. The van der Waals surface area contributed by atoms with Gasteiger partial charge in [0.15, 0.2) is 0 Å². The molecule has 1 aromatic rings. The highest BCUT2D eigenvalue weighted by Gasteiger charge is 2.35. The van der Waals surface area contributed by atoms with Gasteiger partial charge in [0, 0.05) is 25.7 Å². The fourth-order valence-electron chi connectivity index (χ4n) is 4.15. The predicted molar refractivity (Wildman–Crippen MR) is 104 cm³/mol. The second-order valence-electron chi connectivity index (χ2n) is 7.79. The number of carbonyl (C=O) groups excluding carboxylic acids is 2. The van der Waals surface area contributed by atoms with E-state index in [1.807, 2.05) is 42.2 Å². The molecular weight excluding hydrogens is 342 g/mol. The first-order valence-electron chi connectivity index (χ1n) is 10.1. The third kappa shape index (κ3) is 5.01. The summed E-state index contributed by atoms with van der Waals surface area (Å²) in [4.78, 5) is 28.7. The summed E-state index contributed by atoms with van der Waals surface area (Å²) in [5.41, 5.74) is 7.26. The molecule has 1 aromatic carbocycles. The van der Waals surface area contributed by atoms with E-state index in [2.05, 4.69) is 0 Å². The number of piperazine rings is 1. The van der Waals surface area contributed by atoms with Crippen LogP contribution in [0, 0.1) is 5.92 Å². The molecule has 2 amide bonds. The van der Waals surface area contributed by atoms with Gasteiger partial charge in [-0.1, -0.05) is 49.6 Å². The molecule has 27 heavy (non-hydrogen) atoms. The van der Waals surface area contributed by atoms with Crippen molar-refractivity contribution in [1.29, 1.82) is 0 Å². The van der Waals surface area contributed by atoms with Crippen LogP contribution in [-0.4, -0.2) is 53.5 Å². The molecule has 0 aromatic heterocycles. The van der Waals surface area contributed by atoms with Crippen LogP contribution in [0.15, 0.2) is 30.3 Å². The van der Waals surface area contributed by atoms with E-state index in [4.69, 9.17) is 10.5 Å². The van der Waals surface area contributed by atoms with Gasteiger partial charge in [0.1, 0.15) is 6.61 Å². The Morgan fingerprint density at radius 1 is 1.15 bits per heavy atom. The third-order valence-corrected chi connectivity index (χ3v) is 5.82. The summed E-state index contributed by atoms with van der Waals surface area (Å²) >= 11 is 0. The number of rotatable bonds is 4. The smallest absolute Gasteiger partial charge is 0.410 e. The first kappa shape index (κ1) is 19.7. The topological polar surface area (TPSA) is 75.9 Å². The van der Waals surface area contributed by atoms with E-state index in [1.54, 1.807) is 4.90 Å². The summed E-state index contributed by atoms with van der Waals surface area (Å²) < 4.78 is 5.41. The molecule has 0 spiro atoms. The predicted octanol–water partition coefficient (Wildman–Crippen LogP) is 2.76.